The minimum absolute atomic E-state index is 0.0954. The Morgan fingerprint density at radius 3 is 2.52 bits per heavy atom. The summed E-state index contributed by atoms with van der Waals surface area (Å²) in [5.41, 5.74) is 1.18. The number of ether oxygens (including phenoxy) is 1. The molecule has 2 rings (SSSR count). The van der Waals surface area contributed by atoms with E-state index in [4.69, 9.17) is 4.74 Å². The molecule has 1 aliphatic rings. The van der Waals surface area contributed by atoms with Crippen LogP contribution in [0.4, 0.5) is 0 Å². The van der Waals surface area contributed by atoms with Gasteiger partial charge < -0.3 is 15.0 Å². The van der Waals surface area contributed by atoms with Gasteiger partial charge >= 0.3 is 0 Å². The predicted molar refractivity (Wildman–Crippen MR) is 89.0 cm³/mol. The van der Waals surface area contributed by atoms with E-state index in [1.165, 1.54) is 5.56 Å². The Hall–Kier alpha value is -1.88. The summed E-state index contributed by atoms with van der Waals surface area (Å²) < 4.78 is 4.94. The first-order chi connectivity index (χ1) is 11.2. The molecule has 1 N–H and O–H groups in total. The van der Waals surface area contributed by atoms with Gasteiger partial charge in [-0.05, 0) is 24.8 Å². The molecule has 126 valence electrons. The first-order valence-corrected chi connectivity index (χ1v) is 8.29. The van der Waals surface area contributed by atoms with E-state index in [0.29, 0.717) is 32.5 Å². The van der Waals surface area contributed by atoms with Gasteiger partial charge in [-0.25, -0.2) is 0 Å². The number of likely N-dealkylation sites (tertiary alicyclic amines) is 1. The minimum Gasteiger partial charge on any atom is -0.384 e. The number of nitrogens with zero attached hydrogens (tertiary/aromatic N) is 1. The van der Waals surface area contributed by atoms with E-state index in [-0.39, 0.29) is 17.9 Å². The second-order valence-electron chi connectivity index (χ2n) is 5.95. The molecule has 2 amide bonds. The number of nitrogens with one attached hydrogen (secondary N) is 1. The Morgan fingerprint density at radius 1 is 1.17 bits per heavy atom. The van der Waals surface area contributed by atoms with E-state index in [1.54, 1.807) is 7.11 Å². The summed E-state index contributed by atoms with van der Waals surface area (Å²) in [6.45, 7) is 1.90. The number of rotatable bonds is 7. The van der Waals surface area contributed by atoms with Crippen molar-refractivity contribution in [3.8, 4) is 0 Å². The second kappa shape index (κ2) is 9.30. The molecule has 5 heteroatoms. The number of benzene rings is 1. The highest BCUT2D eigenvalue weighted by Crippen LogP contribution is 2.12. The predicted octanol–water partition coefficient (Wildman–Crippen LogP) is 1.76. The van der Waals surface area contributed by atoms with Crippen LogP contribution in [-0.4, -0.2) is 49.6 Å². The van der Waals surface area contributed by atoms with Crippen LogP contribution < -0.4 is 5.32 Å². The Morgan fingerprint density at radius 2 is 1.87 bits per heavy atom. The number of piperidine rings is 1. The molecule has 0 bridgehead atoms. The molecular weight excluding hydrogens is 292 g/mol. The van der Waals surface area contributed by atoms with Gasteiger partial charge in [0, 0.05) is 32.7 Å². The van der Waals surface area contributed by atoms with Gasteiger partial charge in [0.15, 0.2) is 0 Å². The fourth-order valence-electron chi connectivity index (χ4n) is 2.82. The largest absolute Gasteiger partial charge is 0.384 e. The van der Waals surface area contributed by atoms with Crippen LogP contribution >= 0.6 is 0 Å². The maximum Gasteiger partial charge on any atom is 0.224 e. The van der Waals surface area contributed by atoms with Gasteiger partial charge in [-0.15, -0.1) is 0 Å². The number of amides is 2. The molecule has 0 aromatic heterocycles. The van der Waals surface area contributed by atoms with Gasteiger partial charge in [0.25, 0.3) is 0 Å². The normalized spacial score (nSPS) is 15.4. The quantitative estimate of drug-likeness (QED) is 0.833. The molecule has 0 aliphatic carbocycles. The van der Waals surface area contributed by atoms with Gasteiger partial charge in [0.2, 0.25) is 11.8 Å². The molecule has 1 aromatic carbocycles. The number of carbonyl (C=O) groups excluding carboxylic acids is 2. The third kappa shape index (κ3) is 6.02. The second-order valence-corrected chi connectivity index (χ2v) is 5.95. The van der Waals surface area contributed by atoms with Gasteiger partial charge in [-0.1, -0.05) is 30.3 Å². The number of methoxy groups -OCH3 is 1. The molecule has 0 spiro atoms. The zero-order chi connectivity index (χ0) is 16.5. The van der Waals surface area contributed by atoms with Gasteiger partial charge in [-0.3, -0.25) is 9.59 Å². The number of carbonyl (C=O) groups is 2. The maximum atomic E-state index is 12.0. The molecule has 0 radical (unpaired) electrons. The molecule has 1 saturated heterocycles. The third-order valence-corrected chi connectivity index (χ3v) is 4.22. The van der Waals surface area contributed by atoms with Gasteiger partial charge in [0.05, 0.1) is 13.0 Å². The number of aryl methyl sites for hydroxylation is 1. The molecule has 23 heavy (non-hydrogen) atoms. The molecule has 1 fully saturated rings. The average molecular weight is 318 g/mol. The summed E-state index contributed by atoms with van der Waals surface area (Å²) in [5.74, 6) is 0.235. The van der Waals surface area contributed by atoms with Crippen LogP contribution in [0, 0.1) is 0 Å². The monoisotopic (exact) mass is 318 g/mol. The minimum atomic E-state index is 0.0954. The van der Waals surface area contributed by atoms with E-state index in [2.05, 4.69) is 5.32 Å². The van der Waals surface area contributed by atoms with Crippen molar-refractivity contribution >= 4 is 11.8 Å². The lowest BCUT2D eigenvalue weighted by atomic mass is 10.0. The van der Waals surface area contributed by atoms with Crippen LogP contribution in [0.2, 0.25) is 0 Å². The molecule has 0 saturated carbocycles. The highest BCUT2D eigenvalue weighted by molar-refractivity contribution is 5.77. The standard InChI is InChI=1S/C18H26N2O3/c1-23-14-11-18(22)20-12-9-16(10-13-20)19-17(21)8-7-15-5-3-2-4-6-15/h2-6,16H,7-14H2,1H3,(H,19,21). The lowest BCUT2D eigenvalue weighted by Crippen LogP contribution is -2.46. The van der Waals surface area contributed by atoms with Crippen molar-refractivity contribution in [1.29, 1.82) is 0 Å². The summed E-state index contributed by atoms with van der Waals surface area (Å²) >= 11 is 0. The topological polar surface area (TPSA) is 58.6 Å². The molecule has 5 nitrogen and oxygen atoms in total. The SMILES string of the molecule is COCCC(=O)N1CCC(NC(=O)CCc2ccccc2)CC1. The van der Waals surface area contributed by atoms with Crippen LogP contribution in [0.15, 0.2) is 30.3 Å². The van der Waals surface area contributed by atoms with Crippen molar-refractivity contribution in [3.05, 3.63) is 35.9 Å². The lowest BCUT2D eigenvalue weighted by molar-refractivity contribution is -0.133. The molecule has 1 aromatic rings. The van der Waals surface area contributed by atoms with Crippen molar-refractivity contribution < 1.29 is 14.3 Å². The van der Waals surface area contributed by atoms with Crippen molar-refractivity contribution in [1.82, 2.24) is 10.2 Å². The smallest absolute Gasteiger partial charge is 0.224 e. The first kappa shape index (κ1) is 17.5. The van der Waals surface area contributed by atoms with E-state index in [1.807, 2.05) is 35.2 Å². The summed E-state index contributed by atoms with van der Waals surface area (Å²) in [6.07, 6.45) is 3.37. The zero-order valence-electron chi connectivity index (χ0n) is 13.8. The Labute approximate surface area is 138 Å². The number of hydrogen-bond donors (Lipinski definition) is 1. The maximum absolute atomic E-state index is 12.0. The van der Waals surface area contributed by atoms with Crippen LogP contribution in [0.25, 0.3) is 0 Å². The molecule has 1 heterocycles. The lowest BCUT2D eigenvalue weighted by Gasteiger charge is -2.32. The van der Waals surface area contributed by atoms with Crippen molar-refractivity contribution in [2.45, 2.75) is 38.1 Å². The zero-order valence-corrected chi connectivity index (χ0v) is 13.8. The Kier molecular flexibility index (Phi) is 7.07. The summed E-state index contributed by atoms with van der Waals surface area (Å²) in [5, 5.41) is 3.09. The van der Waals surface area contributed by atoms with E-state index in [0.717, 1.165) is 19.3 Å². The van der Waals surface area contributed by atoms with E-state index < -0.39 is 0 Å². The molecule has 0 atom stereocenters. The third-order valence-electron chi connectivity index (χ3n) is 4.22. The van der Waals surface area contributed by atoms with Crippen LogP contribution in [0.1, 0.15) is 31.2 Å². The van der Waals surface area contributed by atoms with Crippen molar-refractivity contribution in [2.75, 3.05) is 26.8 Å². The van der Waals surface area contributed by atoms with Crippen LogP contribution in [-0.2, 0) is 20.7 Å². The Balaban J connectivity index is 1.65. The Bertz CT molecular complexity index is 496. The van der Waals surface area contributed by atoms with Crippen LogP contribution in [0.3, 0.4) is 0 Å². The average Bonchev–Trinajstić information content (AvgIpc) is 2.59. The van der Waals surface area contributed by atoms with E-state index in [9.17, 15) is 9.59 Å². The van der Waals surface area contributed by atoms with Crippen molar-refractivity contribution in [3.63, 3.8) is 0 Å². The number of hydrogen-bond acceptors (Lipinski definition) is 3. The summed E-state index contributed by atoms with van der Waals surface area (Å²) in [4.78, 5) is 25.8. The van der Waals surface area contributed by atoms with Gasteiger partial charge in [-0.2, -0.15) is 0 Å². The van der Waals surface area contributed by atoms with Crippen LogP contribution in [0.5, 0.6) is 0 Å². The highest BCUT2D eigenvalue weighted by atomic mass is 16.5. The first-order valence-electron chi connectivity index (χ1n) is 8.29. The highest BCUT2D eigenvalue weighted by Gasteiger charge is 2.23. The fourth-order valence-corrected chi connectivity index (χ4v) is 2.82. The summed E-state index contributed by atoms with van der Waals surface area (Å²) in [7, 11) is 1.60. The van der Waals surface area contributed by atoms with Crippen molar-refractivity contribution in [2.24, 2.45) is 0 Å². The molecule has 1 aliphatic heterocycles. The van der Waals surface area contributed by atoms with Gasteiger partial charge in [0.1, 0.15) is 0 Å². The van der Waals surface area contributed by atoms with E-state index >= 15 is 0 Å². The fraction of sp³-hybridized carbons (Fsp3) is 0.556. The molecule has 0 unspecified atom stereocenters. The summed E-state index contributed by atoms with van der Waals surface area (Å²) in [6, 6.07) is 10.2. The molecular formula is C18H26N2O3.